The van der Waals surface area contributed by atoms with E-state index in [0.717, 1.165) is 17.7 Å². The number of rotatable bonds is 4. The summed E-state index contributed by atoms with van der Waals surface area (Å²) in [6, 6.07) is 10.7. The van der Waals surface area contributed by atoms with Gasteiger partial charge in [0.1, 0.15) is 0 Å². The van der Waals surface area contributed by atoms with Crippen LogP contribution < -0.4 is 0 Å². The van der Waals surface area contributed by atoms with Gasteiger partial charge in [-0.15, -0.1) is 0 Å². The van der Waals surface area contributed by atoms with Crippen LogP contribution in [-0.2, 0) is 18.9 Å². The van der Waals surface area contributed by atoms with Crippen molar-refractivity contribution in [2.45, 2.75) is 31.9 Å². The summed E-state index contributed by atoms with van der Waals surface area (Å²) in [5.41, 5.74) is -1.70. The molecule has 0 bridgehead atoms. The van der Waals surface area contributed by atoms with Crippen molar-refractivity contribution >= 4 is 0 Å². The molecule has 2 aromatic rings. The average molecular weight is 361 g/mol. The molecular weight excluding hydrogens is 344 g/mol. The topological polar surface area (TPSA) is 3.24 Å². The van der Waals surface area contributed by atoms with E-state index in [9.17, 15) is 26.3 Å². The zero-order valence-electron chi connectivity index (χ0n) is 13.6. The van der Waals surface area contributed by atoms with E-state index in [-0.39, 0.29) is 24.2 Å². The van der Waals surface area contributed by atoms with Crippen LogP contribution in [0, 0.1) is 0 Å². The molecule has 1 nitrogen and oxygen atoms in total. The van der Waals surface area contributed by atoms with Crippen molar-refractivity contribution in [1.29, 1.82) is 0 Å². The number of halogens is 6. The van der Waals surface area contributed by atoms with Gasteiger partial charge in [-0.05, 0) is 43.3 Å². The molecule has 0 aliphatic rings. The summed E-state index contributed by atoms with van der Waals surface area (Å²) < 4.78 is 77.5. The fourth-order valence-corrected chi connectivity index (χ4v) is 2.52. The number of hydrogen-bond acceptors (Lipinski definition) is 1. The van der Waals surface area contributed by atoms with Gasteiger partial charge in [-0.25, -0.2) is 0 Å². The van der Waals surface area contributed by atoms with E-state index in [1.54, 1.807) is 11.9 Å². The van der Waals surface area contributed by atoms with Crippen LogP contribution >= 0.6 is 0 Å². The summed E-state index contributed by atoms with van der Waals surface area (Å²) in [4.78, 5) is 1.70. The molecule has 0 unspecified atom stereocenters. The molecule has 0 fully saturated rings. The normalized spacial score (nSPS) is 14.0. The Morgan fingerprint density at radius 2 is 1.32 bits per heavy atom. The van der Waals surface area contributed by atoms with Crippen LogP contribution in [0.4, 0.5) is 26.3 Å². The first-order valence-electron chi connectivity index (χ1n) is 7.52. The summed E-state index contributed by atoms with van der Waals surface area (Å²) in [6.45, 7) is 1.80. The first kappa shape index (κ1) is 19.3. The molecule has 0 aliphatic heterocycles. The molecule has 0 saturated carbocycles. The van der Waals surface area contributed by atoms with Crippen molar-refractivity contribution in [2.75, 3.05) is 7.05 Å². The Labute approximate surface area is 141 Å². The third-order valence-corrected chi connectivity index (χ3v) is 4.02. The van der Waals surface area contributed by atoms with E-state index in [0.29, 0.717) is 0 Å². The van der Waals surface area contributed by atoms with E-state index < -0.39 is 23.5 Å². The molecule has 1 atom stereocenters. The smallest absolute Gasteiger partial charge is 0.295 e. The molecular formula is C18H17F6N. The first-order chi connectivity index (χ1) is 11.5. The van der Waals surface area contributed by atoms with Crippen LogP contribution in [0.25, 0.3) is 0 Å². The van der Waals surface area contributed by atoms with Crippen molar-refractivity contribution < 1.29 is 26.3 Å². The van der Waals surface area contributed by atoms with Crippen LogP contribution in [0.2, 0.25) is 0 Å². The van der Waals surface area contributed by atoms with Gasteiger partial charge in [0.2, 0.25) is 0 Å². The monoisotopic (exact) mass is 361 g/mol. The van der Waals surface area contributed by atoms with Gasteiger partial charge in [-0.3, -0.25) is 4.90 Å². The highest BCUT2D eigenvalue weighted by Gasteiger charge is 2.37. The Morgan fingerprint density at radius 1 is 0.840 bits per heavy atom. The Morgan fingerprint density at radius 3 is 1.76 bits per heavy atom. The van der Waals surface area contributed by atoms with Gasteiger partial charge in [0, 0.05) is 12.6 Å². The van der Waals surface area contributed by atoms with Crippen molar-refractivity contribution in [2.24, 2.45) is 0 Å². The second-order valence-corrected chi connectivity index (χ2v) is 5.92. The minimum Gasteiger partial charge on any atom is -0.295 e. The fourth-order valence-electron chi connectivity index (χ4n) is 2.52. The third-order valence-electron chi connectivity index (χ3n) is 4.02. The molecule has 0 heterocycles. The molecule has 2 aromatic carbocycles. The van der Waals surface area contributed by atoms with E-state index in [2.05, 4.69) is 0 Å². The predicted octanol–water partition coefficient (Wildman–Crippen LogP) is 5.92. The number of alkyl halides is 6. The molecule has 7 heteroatoms. The second kappa shape index (κ2) is 7.07. The zero-order valence-corrected chi connectivity index (χ0v) is 13.6. The predicted molar refractivity (Wildman–Crippen MR) is 82.8 cm³/mol. The molecule has 0 aliphatic carbocycles. The summed E-state index contributed by atoms with van der Waals surface area (Å²) in [7, 11) is 1.66. The Hall–Kier alpha value is -2.02. The third kappa shape index (κ3) is 4.98. The van der Waals surface area contributed by atoms with E-state index in [1.165, 1.54) is 0 Å². The molecule has 0 saturated heterocycles. The van der Waals surface area contributed by atoms with Gasteiger partial charge < -0.3 is 0 Å². The Kier molecular flexibility index (Phi) is 5.46. The molecule has 0 amide bonds. The highest BCUT2D eigenvalue weighted by atomic mass is 19.4. The molecule has 0 aromatic heterocycles. The summed E-state index contributed by atoms with van der Waals surface area (Å²) in [5, 5.41) is 0. The fraction of sp³-hybridized carbons (Fsp3) is 0.333. The van der Waals surface area contributed by atoms with Gasteiger partial charge in [0.05, 0.1) is 11.1 Å². The minimum absolute atomic E-state index is 0.0348. The molecule has 0 spiro atoms. The number of nitrogens with zero attached hydrogens (tertiary/aromatic N) is 1. The van der Waals surface area contributed by atoms with Crippen LogP contribution in [0.15, 0.2) is 48.5 Å². The lowest BCUT2D eigenvalue weighted by Gasteiger charge is -2.26. The highest BCUT2D eigenvalue weighted by Crippen LogP contribution is 2.36. The molecule has 136 valence electrons. The lowest BCUT2D eigenvalue weighted by atomic mass is 10.0. The molecule has 0 N–H and O–H groups in total. The Balaban J connectivity index is 2.32. The van der Waals surface area contributed by atoms with Gasteiger partial charge in [0.15, 0.2) is 0 Å². The summed E-state index contributed by atoms with van der Waals surface area (Å²) >= 11 is 0. The molecule has 25 heavy (non-hydrogen) atoms. The molecule has 2 rings (SSSR count). The minimum atomic E-state index is -4.83. The number of benzene rings is 2. The van der Waals surface area contributed by atoms with Gasteiger partial charge >= 0.3 is 12.4 Å². The van der Waals surface area contributed by atoms with Crippen molar-refractivity contribution in [1.82, 2.24) is 4.90 Å². The lowest BCUT2D eigenvalue weighted by molar-refractivity contribution is -0.143. The zero-order chi connectivity index (χ0) is 18.8. The van der Waals surface area contributed by atoms with Crippen molar-refractivity contribution in [3.63, 3.8) is 0 Å². The lowest BCUT2D eigenvalue weighted by Crippen LogP contribution is -2.22. The summed E-state index contributed by atoms with van der Waals surface area (Å²) in [6.07, 6.45) is -9.67. The highest BCUT2D eigenvalue weighted by molar-refractivity contribution is 5.33. The maximum Gasteiger partial charge on any atom is 0.416 e. The molecule has 0 radical (unpaired) electrons. The van der Waals surface area contributed by atoms with Gasteiger partial charge in [0.25, 0.3) is 0 Å². The van der Waals surface area contributed by atoms with Gasteiger partial charge in [-0.2, -0.15) is 26.3 Å². The van der Waals surface area contributed by atoms with Crippen LogP contribution in [0.3, 0.4) is 0 Å². The van der Waals surface area contributed by atoms with E-state index in [1.807, 2.05) is 37.3 Å². The maximum atomic E-state index is 12.9. The van der Waals surface area contributed by atoms with Crippen LogP contribution in [0.5, 0.6) is 0 Å². The SMILES string of the molecule is C[C@H](c1ccccc1)N(C)Cc1cc(C(F)(F)F)cc(C(F)(F)F)c1. The Bertz CT molecular complexity index is 673. The van der Waals surface area contributed by atoms with E-state index in [4.69, 9.17) is 0 Å². The quantitative estimate of drug-likeness (QED) is 0.611. The van der Waals surface area contributed by atoms with Crippen LogP contribution in [0.1, 0.15) is 35.2 Å². The summed E-state index contributed by atoms with van der Waals surface area (Å²) in [5.74, 6) is 0. The largest absolute Gasteiger partial charge is 0.416 e. The maximum absolute atomic E-state index is 12.9. The second-order valence-electron chi connectivity index (χ2n) is 5.92. The first-order valence-corrected chi connectivity index (χ1v) is 7.52. The van der Waals surface area contributed by atoms with Gasteiger partial charge in [-0.1, -0.05) is 30.3 Å². The standard InChI is InChI=1S/C18H17F6N/c1-12(14-6-4-3-5-7-14)25(2)11-13-8-15(17(19,20)21)10-16(9-13)18(22,23)24/h3-10,12H,11H2,1-2H3/t12-/m1/s1. The van der Waals surface area contributed by atoms with Crippen molar-refractivity contribution in [3.05, 3.63) is 70.8 Å². The van der Waals surface area contributed by atoms with Crippen LogP contribution in [-0.4, -0.2) is 11.9 Å². The average Bonchev–Trinajstić information content (AvgIpc) is 2.53. The number of hydrogen-bond donors (Lipinski definition) is 0. The van der Waals surface area contributed by atoms with Crippen molar-refractivity contribution in [3.8, 4) is 0 Å². The van der Waals surface area contributed by atoms with E-state index >= 15 is 0 Å².